The van der Waals surface area contributed by atoms with Crippen molar-refractivity contribution in [2.75, 3.05) is 26.2 Å². The molecule has 2 aliphatic rings. The third-order valence-electron chi connectivity index (χ3n) is 6.02. The second kappa shape index (κ2) is 10.3. The van der Waals surface area contributed by atoms with E-state index in [0.717, 1.165) is 11.1 Å². The van der Waals surface area contributed by atoms with Crippen LogP contribution in [0.3, 0.4) is 0 Å². The number of nitrogens with zero attached hydrogens (tertiary/aromatic N) is 4. The van der Waals surface area contributed by atoms with E-state index in [0.29, 0.717) is 45.4 Å². The van der Waals surface area contributed by atoms with Gasteiger partial charge >= 0.3 is 12.1 Å². The highest BCUT2D eigenvalue weighted by Crippen LogP contribution is 2.17. The lowest BCUT2D eigenvalue weighted by atomic mass is 10.1. The topological polar surface area (TPSA) is 81.2 Å². The molecule has 8 heteroatoms. The quantitative estimate of drug-likeness (QED) is 0.622. The smallest absolute Gasteiger partial charge is 0.324 e. The fourth-order valence-electron chi connectivity index (χ4n) is 4.19. The zero-order valence-electron chi connectivity index (χ0n) is 18.6. The van der Waals surface area contributed by atoms with Gasteiger partial charge in [0, 0.05) is 39.0 Å². The molecule has 0 radical (unpaired) electrons. The average molecular weight is 449 g/mol. The number of imide groups is 2. The van der Waals surface area contributed by atoms with Crippen molar-refractivity contribution in [3.05, 3.63) is 71.8 Å². The van der Waals surface area contributed by atoms with Crippen LogP contribution in [-0.4, -0.2) is 69.7 Å². The molecule has 2 fully saturated rings. The summed E-state index contributed by atoms with van der Waals surface area (Å²) >= 11 is 0. The lowest BCUT2D eigenvalue weighted by Gasteiger charge is -2.36. The minimum atomic E-state index is -0.291. The van der Waals surface area contributed by atoms with Crippen LogP contribution in [0.4, 0.5) is 9.59 Å². The molecule has 2 heterocycles. The predicted octanol–water partition coefficient (Wildman–Crippen LogP) is 3.09. The Hall–Kier alpha value is -3.68. The maximum absolute atomic E-state index is 12.9. The van der Waals surface area contributed by atoms with Crippen LogP contribution in [0.2, 0.25) is 0 Å². The van der Waals surface area contributed by atoms with E-state index in [1.165, 1.54) is 9.80 Å². The van der Waals surface area contributed by atoms with Gasteiger partial charge in [0.05, 0.1) is 13.1 Å². The Morgan fingerprint density at radius 3 is 1.36 bits per heavy atom. The van der Waals surface area contributed by atoms with Gasteiger partial charge in [-0.05, 0) is 17.5 Å². The van der Waals surface area contributed by atoms with E-state index in [4.69, 9.17) is 0 Å². The Bertz CT molecular complexity index is 930. The standard InChI is InChI=1S/C25H28N4O4/c30-22-12-16-26(24(32)28(22)18-20-8-3-1-4-9-20)14-7-15-27-17-13-23(31)29(25(27)33)19-21-10-5-2-6-11-21/h1-6,8-11H,7,12-19H2. The summed E-state index contributed by atoms with van der Waals surface area (Å²) in [5.74, 6) is -0.331. The summed E-state index contributed by atoms with van der Waals surface area (Å²) in [5, 5.41) is 0. The summed E-state index contributed by atoms with van der Waals surface area (Å²) in [5.41, 5.74) is 1.81. The van der Waals surface area contributed by atoms with Crippen LogP contribution in [0.15, 0.2) is 60.7 Å². The molecule has 6 amide bonds. The number of rotatable bonds is 8. The van der Waals surface area contributed by atoms with Crippen LogP contribution in [-0.2, 0) is 22.7 Å². The monoisotopic (exact) mass is 448 g/mol. The lowest BCUT2D eigenvalue weighted by molar-refractivity contribution is -0.132. The van der Waals surface area contributed by atoms with Gasteiger partial charge in [0.15, 0.2) is 0 Å². The third kappa shape index (κ3) is 5.39. The number of hydrogen-bond acceptors (Lipinski definition) is 4. The number of urea groups is 2. The van der Waals surface area contributed by atoms with Crippen molar-refractivity contribution >= 4 is 23.9 Å². The molecule has 0 aliphatic carbocycles. The summed E-state index contributed by atoms with van der Waals surface area (Å²) in [7, 11) is 0. The molecule has 0 spiro atoms. The lowest BCUT2D eigenvalue weighted by Crippen LogP contribution is -2.53. The Kier molecular flexibility index (Phi) is 7.02. The zero-order valence-corrected chi connectivity index (χ0v) is 18.6. The van der Waals surface area contributed by atoms with Gasteiger partial charge in [-0.2, -0.15) is 0 Å². The number of hydrogen-bond donors (Lipinski definition) is 0. The van der Waals surface area contributed by atoms with Crippen LogP contribution in [0.1, 0.15) is 30.4 Å². The van der Waals surface area contributed by atoms with Gasteiger partial charge in [-0.25, -0.2) is 9.59 Å². The van der Waals surface area contributed by atoms with Crippen LogP contribution in [0.5, 0.6) is 0 Å². The van der Waals surface area contributed by atoms with Crippen molar-refractivity contribution in [1.29, 1.82) is 0 Å². The molecule has 0 saturated carbocycles. The maximum Gasteiger partial charge on any atom is 0.327 e. The maximum atomic E-state index is 12.9. The highest BCUT2D eigenvalue weighted by molar-refractivity contribution is 5.97. The molecule has 0 aromatic heterocycles. The van der Waals surface area contributed by atoms with Crippen molar-refractivity contribution in [2.45, 2.75) is 32.4 Å². The first kappa shape index (κ1) is 22.5. The van der Waals surface area contributed by atoms with Crippen LogP contribution < -0.4 is 0 Å². The van der Waals surface area contributed by atoms with Gasteiger partial charge in [0.25, 0.3) is 0 Å². The summed E-state index contributed by atoms with van der Waals surface area (Å²) < 4.78 is 0. The second-order valence-corrected chi connectivity index (χ2v) is 8.32. The van der Waals surface area contributed by atoms with Crippen molar-refractivity contribution in [2.24, 2.45) is 0 Å². The van der Waals surface area contributed by atoms with Crippen molar-refractivity contribution in [3.8, 4) is 0 Å². The van der Waals surface area contributed by atoms with Gasteiger partial charge < -0.3 is 9.80 Å². The van der Waals surface area contributed by atoms with E-state index in [2.05, 4.69) is 0 Å². The Balaban J connectivity index is 1.30. The van der Waals surface area contributed by atoms with Gasteiger partial charge in [0.2, 0.25) is 11.8 Å². The molecular formula is C25H28N4O4. The van der Waals surface area contributed by atoms with E-state index in [9.17, 15) is 19.2 Å². The Morgan fingerprint density at radius 1 is 0.576 bits per heavy atom. The molecular weight excluding hydrogens is 420 g/mol. The van der Waals surface area contributed by atoms with Gasteiger partial charge in [-0.1, -0.05) is 60.7 Å². The average Bonchev–Trinajstić information content (AvgIpc) is 2.83. The number of amides is 6. The normalized spacial score (nSPS) is 17.2. The van der Waals surface area contributed by atoms with Crippen LogP contribution in [0.25, 0.3) is 0 Å². The van der Waals surface area contributed by atoms with E-state index in [1.54, 1.807) is 9.80 Å². The summed E-state index contributed by atoms with van der Waals surface area (Å²) in [4.78, 5) is 56.4. The van der Waals surface area contributed by atoms with E-state index in [1.807, 2.05) is 60.7 Å². The third-order valence-corrected chi connectivity index (χ3v) is 6.02. The molecule has 4 rings (SSSR count). The SMILES string of the molecule is O=C1CCN(CCCN2CCC(=O)N(Cc3ccccc3)C2=O)C(=O)N1Cc1ccccc1. The zero-order chi connectivity index (χ0) is 23.2. The Labute approximate surface area is 193 Å². The van der Waals surface area contributed by atoms with E-state index < -0.39 is 0 Å². The first-order chi connectivity index (χ1) is 16.0. The summed E-state index contributed by atoms with van der Waals surface area (Å²) in [6.07, 6.45) is 1.17. The molecule has 2 aromatic rings. The summed E-state index contributed by atoms with van der Waals surface area (Å²) in [6.45, 7) is 2.19. The fourth-order valence-corrected chi connectivity index (χ4v) is 4.19. The minimum absolute atomic E-state index is 0.165. The highest BCUT2D eigenvalue weighted by atomic mass is 16.2. The summed E-state index contributed by atoms with van der Waals surface area (Å²) in [6, 6.07) is 18.3. The van der Waals surface area contributed by atoms with Crippen molar-refractivity contribution < 1.29 is 19.2 Å². The number of benzene rings is 2. The minimum Gasteiger partial charge on any atom is -0.324 e. The molecule has 0 N–H and O–H groups in total. The highest BCUT2D eigenvalue weighted by Gasteiger charge is 2.33. The first-order valence-electron chi connectivity index (χ1n) is 11.3. The Morgan fingerprint density at radius 2 is 0.970 bits per heavy atom. The molecule has 2 aliphatic heterocycles. The molecule has 33 heavy (non-hydrogen) atoms. The van der Waals surface area contributed by atoms with Crippen LogP contribution in [0, 0.1) is 0 Å². The first-order valence-corrected chi connectivity index (χ1v) is 11.3. The molecule has 0 bridgehead atoms. The molecule has 172 valence electrons. The largest absolute Gasteiger partial charge is 0.327 e. The van der Waals surface area contributed by atoms with Gasteiger partial charge in [-0.15, -0.1) is 0 Å². The van der Waals surface area contributed by atoms with Crippen LogP contribution >= 0.6 is 0 Å². The second-order valence-electron chi connectivity index (χ2n) is 8.32. The molecule has 8 nitrogen and oxygen atoms in total. The van der Waals surface area contributed by atoms with Crippen molar-refractivity contribution in [1.82, 2.24) is 19.6 Å². The molecule has 2 saturated heterocycles. The van der Waals surface area contributed by atoms with E-state index in [-0.39, 0.29) is 37.0 Å². The number of carbonyl (C=O) groups excluding carboxylic acids is 4. The van der Waals surface area contributed by atoms with Crippen molar-refractivity contribution in [3.63, 3.8) is 0 Å². The fraction of sp³-hybridized carbons (Fsp3) is 0.360. The molecule has 0 atom stereocenters. The van der Waals surface area contributed by atoms with E-state index >= 15 is 0 Å². The number of carbonyl (C=O) groups is 4. The predicted molar refractivity (Wildman–Crippen MR) is 122 cm³/mol. The molecule has 0 unspecified atom stereocenters. The molecule has 2 aromatic carbocycles. The van der Waals surface area contributed by atoms with Gasteiger partial charge in [-0.3, -0.25) is 19.4 Å². The van der Waals surface area contributed by atoms with Gasteiger partial charge in [0.1, 0.15) is 0 Å².